The zero-order valence-corrected chi connectivity index (χ0v) is 12.5. The van der Waals surface area contributed by atoms with Crippen molar-refractivity contribution in [3.8, 4) is 5.75 Å². The van der Waals surface area contributed by atoms with Crippen LogP contribution in [-0.2, 0) is 42.6 Å². The van der Waals surface area contributed by atoms with Crippen molar-refractivity contribution in [2.24, 2.45) is 0 Å². The van der Waals surface area contributed by atoms with E-state index in [0.717, 1.165) is 24.3 Å². The van der Waals surface area contributed by atoms with E-state index >= 15 is 0 Å². The minimum atomic E-state index is -4.90. The molecule has 0 aromatic heterocycles. The van der Waals surface area contributed by atoms with Crippen molar-refractivity contribution in [3.05, 3.63) is 30.3 Å². The second kappa shape index (κ2) is 5.45. The number of rotatable bonds is 2. The molecule has 113 valence electrons. The van der Waals surface area contributed by atoms with Crippen molar-refractivity contribution >= 4 is 31.0 Å². The van der Waals surface area contributed by atoms with Gasteiger partial charge in [-0.05, 0) is 35.0 Å². The molecule has 0 aliphatic heterocycles. The van der Waals surface area contributed by atoms with Crippen LogP contribution in [0.2, 0.25) is 0 Å². The van der Waals surface area contributed by atoms with Crippen molar-refractivity contribution in [1.29, 1.82) is 0 Å². The zero-order valence-electron chi connectivity index (χ0n) is 9.40. The van der Waals surface area contributed by atoms with E-state index in [1.165, 1.54) is 6.07 Å². The molecular weight excluding hydrogens is 404 g/mol. The van der Waals surface area contributed by atoms with E-state index in [1.807, 2.05) is 0 Å². The first-order valence-electron chi connectivity index (χ1n) is 4.77. The SMILES string of the molecule is O=S(=O)([O-])c1ccc2cc(O)c(S(=O)(=O)[O-])cc2c1.[Ag]. The molecule has 0 spiro atoms. The third-order valence-electron chi connectivity index (χ3n) is 2.45. The van der Waals surface area contributed by atoms with Crippen LogP contribution in [-0.4, -0.2) is 31.0 Å². The summed E-state index contributed by atoms with van der Waals surface area (Å²) in [4.78, 5) is -1.43. The fraction of sp³-hybridized carbons (Fsp3) is 0. The third-order valence-corrected chi connectivity index (χ3v) is 4.14. The molecule has 2 rings (SSSR count). The maximum absolute atomic E-state index is 10.9. The van der Waals surface area contributed by atoms with Crippen LogP contribution in [0.5, 0.6) is 5.75 Å². The average molecular weight is 410 g/mol. The first-order chi connectivity index (χ1) is 8.59. The largest absolute Gasteiger partial charge is 0.744 e. The van der Waals surface area contributed by atoms with E-state index in [2.05, 4.69) is 0 Å². The summed E-state index contributed by atoms with van der Waals surface area (Å²) in [5.41, 5.74) is 0. The molecule has 1 N–H and O–H groups in total. The van der Waals surface area contributed by atoms with Crippen molar-refractivity contribution < 1.29 is 53.4 Å². The molecule has 10 heteroatoms. The normalized spacial score (nSPS) is 12.1. The molecule has 0 atom stereocenters. The summed E-state index contributed by atoms with van der Waals surface area (Å²) in [6.45, 7) is 0. The Kier molecular flexibility index (Phi) is 4.66. The number of phenols is 1. The van der Waals surface area contributed by atoms with Crippen LogP contribution in [0.25, 0.3) is 10.8 Å². The number of phenolic OH excluding ortho intramolecular Hbond substituents is 1. The van der Waals surface area contributed by atoms with E-state index in [0.29, 0.717) is 0 Å². The molecule has 20 heavy (non-hydrogen) atoms. The van der Waals surface area contributed by atoms with Gasteiger partial charge in [0, 0.05) is 22.4 Å². The molecule has 0 aliphatic carbocycles. The molecule has 0 amide bonds. The molecular formula is C10H6AgO7S2-2. The molecule has 0 heterocycles. The van der Waals surface area contributed by atoms with Crippen LogP contribution < -0.4 is 0 Å². The van der Waals surface area contributed by atoms with Gasteiger partial charge in [0.25, 0.3) is 0 Å². The Balaban J connectivity index is 0.00000200. The first-order valence-corrected chi connectivity index (χ1v) is 7.59. The number of aromatic hydroxyl groups is 1. The zero-order chi connectivity index (χ0) is 14.4. The number of hydrogen-bond acceptors (Lipinski definition) is 7. The van der Waals surface area contributed by atoms with E-state index in [4.69, 9.17) is 0 Å². The summed E-state index contributed by atoms with van der Waals surface area (Å²) in [6, 6.07) is 5.01. The smallest absolute Gasteiger partial charge is 0.133 e. The molecule has 7 nitrogen and oxygen atoms in total. The standard InChI is InChI=1S/C10H8O7S2.Ag/c11-9-4-6-1-2-8(18(12,13)14)3-7(6)5-10(9)19(15,16)17;/h1-5,11H,(H,12,13,14)(H,15,16,17);/p-2. The first kappa shape index (κ1) is 17.1. The molecule has 0 saturated carbocycles. The van der Waals surface area contributed by atoms with E-state index < -0.39 is 35.8 Å². The topological polar surface area (TPSA) is 135 Å². The molecule has 0 saturated heterocycles. The van der Waals surface area contributed by atoms with Crippen LogP contribution in [0.3, 0.4) is 0 Å². The second-order valence-corrected chi connectivity index (χ2v) is 6.46. The number of benzene rings is 2. The van der Waals surface area contributed by atoms with Gasteiger partial charge >= 0.3 is 0 Å². The molecule has 0 bridgehead atoms. The number of hydrogen-bond donors (Lipinski definition) is 1. The quantitative estimate of drug-likeness (QED) is 0.558. The Labute approximate surface area is 130 Å². The molecule has 2 aromatic carbocycles. The van der Waals surface area contributed by atoms with Gasteiger partial charge in [0.15, 0.2) is 0 Å². The molecule has 0 fully saturated rings. The summed E-state index contributed by atoms with van der Waals surface area (Å²) >= 11 is 0. The van der Waals surface area contributed by atoms with Gasteiger partial charge in [0.2, 0.25) is 0 Å². The maximum atomic E-state index is 10.9. The van der Waals surface area contributed by atoms with Gasteiger partial charge in [-0.1, -0.05) is 6.07 Å². The van der Waals surface area contributed by atoms with Crippen LogP contribution in [0.15, 0.2) is 40.1 Å². The van der Waals surface area contributed by atoms with Gasteiger partial charge in [0.1, 0.15) is 26.0 Å². The Morgan fingerprint density at radius 1 is 0.850 bits per heavy atom. The minimum absolute atomic E-state index is 0. The Hall–Kier alpha value is -0.940. The van der Waals surface area contributed by atoms with Crippen molar-refractivity contribution in [3.63, 3.8) is 0 Å². The Bertz CT molecular complexity index is 872. The van der Waals surface area contributed by atoms with Crippen LogP contribution >= 0.6 is 0 Å². The average Bonchev–Trinajstić information content (AvgIpc) is 2.24. The Morgan fingerprint density at radius 3 is 1.95 bits per heavy atom. The molecule has 0 aliphatic rings. The summed E-state index contributed by atoms with van der Waals surface area (Å²) < 4.78 is 65.2. The number of fused-ring (bicyclic) bond motifs is 1. The minimum Gasteiger partial charge on any atom is -0.744 e. The molecule has 0 unspecified atom stereocenters. The van der Waals surface area contributed by atoms with Gasteiger partial charge in [-0.3, -0.25) is 0 Å². The van der Waals surface area contributed by atoms with Crippen LogP contribution in [0.1, 0.15) is 0 Å². The predicted octanol–water partition coefficient (Wildman–Crippen LogP) is 0.351. The Morgan fingerprint density at radius 2 is 1.45 bits per heavy atom. The van der Waals surface area contributed by atoms with Crippen LogP contribution in [0.4, 0.5) is 0 Å². The van der Waals surface area contributed by atoms with Crippen molar-refractivity contribution in [1.82, 2.24) is 0 Å². The van der Waals surface area contributed by atoms with Gasteiger partial charge in [-0.15, -0.1) is 0 Å². The summed E-state index contributed by atoms with van der Waals surface area (Å²) in [6.07, 6.45) is 0. The maximum Gasteiger partial charge on any atom is 0.133 e. The predicted molar refractivity (Wildman–Crippen MR) is 61.5 cm³/mol. The second-order valence-electron chi connectivity index (χ2n) is 3.74. The van der Waals surface area contributed by atoms with E-state index in [1.54, 1.807) is 0 Å². The van der Waals surface area contributed by atoms with Gasteiger partial charge in [-0.25, -0.2) is 16.8 Å². The fourth-order valence-corrected chi connectivity index (χ4v) is 2.69. The summed E-state index contributed by atoms with van der Waals surface area (Å²) in [5, 5.41) is 9.75. The van der Waals surface area contributed by atoms with Crippen molar-refractivity contribution in [2.45, 2.75) is 9.79 Å². The molecule has 2 aromatic rings. The van der Waals surface area contributed by atoms with E-state index in [9.17, 15) is 31.0 Å². The third kappa shape index (κ3) is 3.38. The van der Waals surface area contributed by atoms with Gasteiger partial charge in [0.05, 0.1) is 9.79 Å². The van der Waals surface area contributed by atoms with Crippen LogP contribution in [0, 0.1) is 0 Å². The van der Waals surface area contributed by atoms with Crippen molar-refractivity contribution in [2.75, 3.05) is 0 Å². The molecule has 1 radical (unpaired) electrons. The summed E-state index contributed by atoms with van der Waals surface area (Å²) in [7, 11) is -9.59. The van der Waals surface area contributed by atoms with E-state index in [-0.39, 0.29) is 33.2 Å². The fourth-order valence-electron chi connectivity index (χ4n) is 1.60. The summed E-state index contributed by atoms with van der Waals surface area (Å²) in [5.74, 6) is -0.736. The monoisotopic (exact) mass is 409 g/mol. The van der Waals surface area contributed by atoms with Gasteiger partial charge < -0.3 is 14.2 Å². The van der Waals surface area contributed by atoms with Gasteiger partial charge in [-0.2, -0.15) is 0 Å².